The maximum absolute atomic E-state index is 12.6. The van der Waals surface area contributed by atoms with Crippen LogP contribution in [-0.2, 0) is 14.6 Å². The van der Waals surface area contributed by atoms with Gasteiger partial charge in [0.25, 0.3) is 0 Å². The summed E-state index contributed by atoms with van der Waals surface area (Å²) in [4.78, 5) is 26.3. The zero-order chi connectivity index (χ0) is 22.0. The highest BCUT2D eigenvalue weighted by Gasteiger charge is 2.27. The first-order valence-corrected chi connectivity index (χ1v) is 12.8. The average Bonchev–Trinajstić information content (AvgIpc) is 3.08. The summed E-state index contributed by atoms with van der Waals surface area (Å²) >= 11 is 1.68. The lowest BCUT2D eigenvalue weighted by molar-refractivity contribution is -0.125. The van der Waals surface area contributed by atoms with Gasteiger partial charge in [0, 0.05) is 30.4 Å². The maximum atomic E-state index is 12.6. The molecule has 0 aliphatic carbocycles. The Morgan fingerprint density at radius 1 is 1.16 bits per heavy atom. The fourth-order valence-electron chi connectivity index (χ4n) is 3.96. The van der Waals surface area contributed by atoms with E-state index in [1.165, 1.54) is 10.4 Å². The summed E-state index contributed by atoms with van der Waals surface area (Å²) in [6, 6.07) is 8.33. The number of aromatic nitrogens is 2. The Morgan fingerprint density at radius 2 is 1.87 bits per heavy atom. The van der Waals surface area contributed by atoms with E-state index >= 15 is 0 Å². The van der Waals surface area contributed by atoms with Crippen LogP contribution in [0.25, 0.3) is 10.2 Å². The molecule has 1 fully saturated rings. The molecule has 9 heteroatoms. The quantitative estimate of drug-likeness (QED) is 0.610. The highest BCUT2D eigenvalue weighted by atomic mass is 32.2. The lowest BCUT2D eigenvalue weighted by atomic mass is 9.95. The number of aryl methyl sites for hydroxylation is 2. The molecule has 3 heterocycles. The minimum absolute atomic E-state index is 0.0710. The van der Waals surface area contributed by atoms with Crippen LogP contribution < -0.4 is 10.2 Å². The number of amides is 1. The van der Waals surface area contributed by atoms with Crippen molar-refractivity contribution in [1.82, 2.24) is 15.3 Å². The predicted molar refractivity (Wildman–Crippen MR) is 123 cm³/mol. The van der Waals surface area contributed by atoms with Crippen LogP contribution in [0.1, 0.15) is 23.3 Å². The largest absolute Gasteiger partial charge is 0.356 e. The number of rotatable bonds is 6. The number of hydrogen-bond acceptors (Lipinski definition) is 7. The Bertz CT molecular complexity index is 1180. The van der Waals surface area contributed by atoms with Gasteiger partial charge in [-0.2, -0.15) is 0 Å². The Hall–Kier alpha value is -2.52. The molecule has 31 heavy (non-hydrogen) atoms. The average molecular weight is 459 g/mol. The minimum atomic E-state index is -3.39. The standard InChI is InChI=1S/C22H26N4O3S2/c1-15-16(2)30-22-19(15)20(24-14-25-22)26-11-8-17(9-12-26)21(27)23-10-13-31(28,29)18-6-4-3-5-7-18/h3-7,14,17H,8-13H2,1-2H3,(H,23,27). The molecule has 0 saturated carbocycles. The fourth-order valence-corrected chi connectivity index (χ4v) is 6.13. The van der Waals surface area contributed by atoms with Crippen LogP contribution in [0.5, 0.6) is 0 Å². The third kappa shape index (κ3) is 4.57. The van der Waals surface area contributed by atoms with E-state index in [9.17, 15) is 13.2 Å². The monoisotopic (exact) mass is 458 g/mol. The number of anilines is 1. The van der Waals surface area contributed by atoms with Crippen molar-refractivity contribution in [3.63, 3.8) is 0 Å². The molecule has 4 rings (SSSR count). The SMILES string of the molecule is Cc1sc2ncnc(N3CCC(C(=O)NCCS(=O)(=O)c4ccccc4)CC3)c2c1C. The van der Waals surface area contributed by atoms with E-state index in [1.807, 2.05) is 0 Å². The normalized spacial score (nSPS) is 15.4. The molecule has 2 aromatic heterocycles. The van der Waals surface area contributed by atoms with Crippen molar-refractivity contribution in [1.29, 1.82) is 0 Å². The summed E-state index contributed by atoms with van der Waals surface area (Å²) in [7, 11) is -3.39. The second-order valence-electron chi connectivity index (χ2n) is 7.84. The van der Waals surface area contributed by atoms with Gasteiger partial charge in [0.15, 0.2) is 9.84 Å². The van der Waals surface area contributed by atoms with E-state index in [0.29, 0.717) is 12.8 Å². The van der Waals surface area contributed by atoms with Crippen molar-refractivity contribution in [2.24, 2.45) is 5.92 Å². The summed E-state index contributed by atoms with van der Waals surface area (Å²) in [6.45, 7) is 5.79. The smallest absolute Gasteiger partial charge is 0.223 e. The molecule has 0 atom stereocenters. The topological polar surface area (TPSA) is 92.3 Å². The van der Waals surface area contributed by atoms with Gasteiger partial charge in [0.1, 0.15) is 17.0 Å². The van der Waals surface area contributed by atoms with Crippen LogP contribution in [0.4, 0.5) is 5.82 Å². The number of sulfone groups is 1. The summed E-state index contributed by atoms with van der Waals surface area (Å²) in [5, 5.41) is 3.92. The maximum Gasteiger partial charge on any atom is 0.223 e. The number of benzene rings is 1. The molecule has 1 N–H and O–H groups in total. The molecule has 7 nitrogen and oxygen atoms in total. The fraction of sp³-hybridized carbons (Fsp3) is 0.409. The summed E-state index contributed by atoms with van der Waals surface area (Å²) < 4.78 is 24.7. The second-order valence-corrected chi connectivity index (χ2v) is 11.2. The van der Waals surface area contributed by atoms with Gasteiger partial charge < -0.3 is 10.2 Å². The van der Waals surface area contributed by atoms with E-state index in [1.54, 1.807) is 48.0 Å². The number of nitrogens with one attached hydrogen (secondary N) is 1. The van der Waals surface area contributed by atoms with Gasteiger partial charge in [-0.3, -0.25) is 4.79 Å². The van der Waals surface area contributed by atoms with Crippen molar-refractivity contribution in [2.45, 2.75) is 31.6 Å². The molecule has 3 aromatic rings. The molecule has 0 radical (unpaired) electrons. The van der Waals surface area contributed by atoms with Crippen LogP contribution in [0.2, 0.25) is 0 Å². The molecule has 0 spiro atoms. The molecule has 1 aliphatic heterocycles. The Morgan fingerprint density at radius 3 is 2.58 bits per heavy atom. The van der Waals surface area contributed by atoms with Gasteiger partial charge in [0.05, 0.1) is 16.0 Å². The first-order valence-electron chi connectivity index (χ1n) is 10.4. The van der Waals surface area contributed by atoms with E-state index in [4.69, 9.17) is 0 Å². The number of hydrogen-bond donors (Lipinski definition) is 1. The van der Waals surface area contributed by atoms with Crippen molar-refractivity contribution in [3.05, 3.63) is 47.1 Å². The molecule has 1 aromatic carbocycles. The van der Waals surface area contributed by atoms with E-state index in [0.717, 1.165) is 29.1 Å². The minimum Gasteiger partial charge on any atom is -0.356 e. The molecular formula is C22H26N4O3S2. The number of piperidine rings is 1. The number of fused-ring (bicyclic) bond motifs is 1. The van der Waals surface area contributed by atoms with Gasteiger partial charge in [-0.25, -0.2) is 18.4 Å². The molecule has 1 saturated heterocycles. The molecule has 0 bridgehead atoms. The number of carbonyl (C=O) groups excluding carboxylic acids is 1. The second kappa shape index (κ2) is 8.92. The van der Waals surface area contributed by atoms with Crippen molar-refractivity contribution >= 4 is 43.1 Å². The summed E-state index contributed by atoms with van der Waals surface area (Å²) in [6.07, 6.45) is 3.04. The highest BCUT2D eigenvalue weighted by Crippen LogP contribution is 2.35. The molecule has 164 valence electrons. The van der Waals surface area contributed by atoms with Crippen LogP contribution in [0.3, 0.4) is 0 Å². The molecule has 0 unspecified atom stereocenters. The zero-order valence-electron chi connectivity index (χ0n) is 17.7. The van der Waals surface area contributed by atoms with E-state index < -0.39 is 9.84 Å². The first-order chi connectivity index (χ1) is 14.9. The molecule has 1 amide bonds. The van der Waals surface area contributed by atoms with Gasteiger partial charge in [0.2, 0.25) is 5.91 Å². The lowest BCUT2D eigenvalue weighted by Crippen LogP contribution is -2.42. The number of thiophene rings is 1. The van der Waals surface area contributed by atoms with Crippen LogP contribution in [0, 0.1) is 19.8 Å². The summed E-state index contributed by atoms with van der Waals surface area (Å²) in [5.74, 6) is 0.661. The van der Waals surface area contributed by atoms with Gasteiger partial charge in [-0.05, 0) is 44.4 Å². The van der Waals surface area contributed by atoms with Gasteiger partial charge >= 0.3 is 0 Å². The summed E-state index contributed by atoms with van der Waals surface area (Å²) in [5.41, 5.74) is 1.22. The number of carbonyl (C=O) groups is 1. The molecule has 1 aliphatic rings. The van der Waals surface area contributed by atoms with Crippen LogP contribution in [0.15, 0.2) is 41.6 Å². The van der Waals surface area contributed by atoms with Crippen molar-refractivity contribution < 1.29 is 13.2 Å². The number of nitrogens with zero attached hydrogens (tertiary/aromatic N) is 3. The highest BCUT2D eigenvalue weighted by molar-refractivity contribution is 7.91. The van der Waals surface area contributed by atoms with Crippen molar-refractivity contribution in [3.8, 4) is 0 Å². The lowest BCUT2D eigenvalue weighted by Gasteiger charge is -2.32. The van der Waals surface area contributed by atoms with Gasteiger partial charge in [-0.15, -0.1) is 11.3 Å². The third-order valence-electron chi connectivity index (χ3n) is 5.88. The van der Waals surface area contributed by atoms with E-state index in [-0.39, 0.29) is 29.0 Å². The van der Waals surface area contributed by atoms with Crippen molar-refractivity contribution in [2.75, 3.05) is 30.3 Å². The van der Waals surface area contributed by atoms with Crippen LogP contribution in [-0.4, -0.2) is 49.7 Å². The Balaban J connectivity index is 1.33. The van der Waals surface area contributed by atoms with Gasteiger partial charge in [-0.1, -0.05) is 18.2 Å². The zero-order valence-corrected chi connectivity index (χ0v) is 19.3. The molecular weight excluding hydrogens is 432 g/mol. The van der Waals surface area contributed by atoms with E-state index in [2.05, 4.69) is 34.0 Å². The third-order valence-corrected chi connectivity index (χ3v) is 8.73. The first kappa shape index (κ1) is 21.7. The Labute approximate surface area is 186 Å². The van der Waals surface area contributed by atoms with Crippen LogP contribution >= 0.6 is 11.3 Å². The Kier molecular flexibility index (Phi) is 6.24. The predicted octanol–water partition coefficient (Wildman–Crippen LogP) is 3.11.